The molecule has 0 spiro atoms. The number of piperidine rings is 1. The number of benzene rings is 1. The van der Waals surface area contributed by atoms with E-state index >= 15 is 0 Å². The van der Waals surface area contributed by atoms with Crippen LogP contribution in [0.15, 0.2) is 30.3 Å². The highest BCUT2D eigenvalue weighted by atomic mass is 16.6. The molecule has 1 aromatic rings. The first-order chi connectivity index (χ1) is 8.74. The maximum absolute atomic E-state index is 11.8. The molecule has 0 saturated carbocycles. The van der Waals surface area contributed by atoms with Crippen LogP contribution in [0.2, 0.25) is 0 Å². The van der Waals surface area contributed by atoms with Gasteiger partial charge in [0.15, 0.2) is 0 Å². The van der Waals surface area contributed by atoms with Gasteiger partial charge in [-0.3, -0.25) is 0 Å². The zero-order chi connectivity index (χ0) is 12.5. The Morgan fingerprint density at radius 2 is 2.17 bits per heavy atom. The monoisotopic (exact) mass is 249 g/mol. The van der Waals surface area contributed by atoms with Gasteiger partial charge >= 0.3 is 6.09 Å². The number of likely N-dealkylation sites (tertiary alicyclic amines) is 1. The lowest BCUT2D eigenvalue weighted by Gasteiger charge is -2.26. The predicted molar refractivity (Wildman–Crippen MR) is 62.9 cm³/mol. The number of carbonyl (C=O) groups excluding carboxylic acids is 1. The Labute approximate surface area is 105 Å². The Balaban J connectivity index is 1.52. The fraction of sp³-hybridized carbons (Fsp3) is 0.462. The summed E-state index contributed by atoms with van der Waals surface area (Å²) in [5, 5.41) is 9.65. The molecular weight excluding hydrogens is 234 g/mol. The highest BCUT2D eigenvalue weighted by molar-refractivity contribution is 5.68. The van der Waals surface area contributed by atoms with E-state index in [1.807, 2.05) is 30.3 Å². The minimum absolute atomic E-state index is 0.0157. The summed E-state index contributed by atoms with van der Waals surface area (Å²) in [7, 11) is 0. The molecule has 0 aromatic heterocycles. The van der Waals surface area contributed by atoms with Crippen LogP contribution in [-0.4, -0.2) is 47.5 Å². The largest absolute Gasteiger partial charge is 0.445 e. The van der Waals surface area contributed by atoms with Crippen molar-refractivity contribution in [3.63, 3.8) is 0 Å². The van der Waals surface area contributed by atoms with Crippen molar-refractivity contribution in [2.24, 2.45) is 0 Å². The van der Waals surface area contributed by atoms with E-state index in [1.54, 1.807) is 0 Å². The number of aliphatic hydroxyl groups excluding tert-OH is 1. The van der Waals surface area contributed by atoms with Crippen molar-refractivity contribution in [2.45, 2.75) is 24.9 Å². The second-order valence-electron chi connectivity index (χ2n) is 4.65. The van der Waals surface area contributed by atoms with E-state index in [1.165, 1.54) is 4.90 Å². The Morgan fingerprint density at radius 3 is 2.89 bits per heavy atom. The summed E-state index contributed by atoms with van der Waals surface area (Å²) in [5.41, 5.74) is 0.948. The number of rotatable bonds is 2. The van der Waals surface area contributed by atoms with Crippen LogP contribution in [0.3, 0.4) is 0 Å². The normalized spacial score (nSPS) is 29.6. The smallest absolute Gasteiger partial charge is 0.410 e. The van der Waals surface area contributed by atoms with E-state index < -0.39 is 12.2 Å². The van der Waals surface area contributed by atoms with Gasteiger partial charge in [0.05, 0.1) is 13.1 Å². The summed E-state index contributed by atoms with van der Waals surface area (Å²) in [6, 6.07) is 9.51. The SMILES string of the molecule is O=C(OCc1ccccc1)N1C[C@@H]2O[C@H]2[C@@H](O)C1. The van der Waals surface area contributed by atoms with Gasteiger partial charge in [0, 0.05) is 0 Å². The number of hydrogen-bond donors (Lipinski definition) is 1. The average Bonchev–Trinajstić information content (AvgIpc) is 3.17. The van der Waals surface area contributed by atoms with Crippen molar-refractivity contribution >= 4 is 6.09 Å². The van der Waals surface area contributed by atoms with Crippen LogP contribution < -0.4 is 0 Å². The maximum Gasteiger partial charge on any atom is 0.410 e. The number of epoxide rings is 1. The van der Waals surface area contributed by atoms with Gasteiger partial charge < -0.3 is 19.5 Å². The fourth-order valence-electron chi connectivity index (χ4n) is 2.22. The highest BCUT2D eigenvalue weighted by Gasteiger charge is 2.50. The minimum atomic E-state index is -0.590. The minimum Gasteiger partial charge on any atom is -0.445 e. The lowest BCUT2D eigenvalue weighted by atomic mass is 10.1. The van der Waals surface area contributed by atoms with E-state index in [-0.39, 0.29) is 25.4 Å². The third-order valence-corrected chi connectivity index (χ3v) is 3.27. The molecule has 18 heavy (non-hydrogen) atoms. The molecule has 5 nitrogen and oxygen atoms in total. The predicted octanol–water partition coefficient (Wildman–Crippen LogP) is 0.767. The van der Waals surface area contributed by atoms with Gasteiger partial charge in [-0.2, -0.15) is 0 Å². The van der Waals surface area contributed by atoms with E-state index in [0.29, 0.717) is 6.54 Å². The standard InChI is InChI=1S/C13H15NO4/c15-10-6-14(7-11-12(10)18-11)13(16)17-8-9-4-2-1-3-5-9/h1-5,10-12,15H,6-8H2/t10-,11-,12-/m0/s1. The number of carbonyl (C=O) groups is 1. The molecule has 2 aliphatic rings. The van der Waals surface area contributed by atoms with Gasteiger partial charge in [0.2, 0.25) is 0 Å². The Kier molecular flexibility index (Phi) is 2.93. The van der Waals surface area contributed by atoms with Crippen molar-refractivity contribution in [1.82, 2.24) is 4.90 Å². The van der Waals surface area contributed by atoms with E-state index in [9.17, 15) is 9.90 Å². The number of fused-ring (bicyclic) bond motifs is 1. The first-order valence-corrected chi connectivity index (χ1v) is 6.03. The van der Waals surface area contributed by atoms with E-state index in [2.05, 4.69) is 0 Å². The molecule has 1 aromatic carbocycles. The summed E-state index contributed by atoms with van der Waals surface area (Å²) in [4.78, 5) is 13.3. The second-order valence-corrected chi connectivity index (χ2v) is 4.65. The van der Waals surface area contributed by atoms with Crippen LogP contribution in [0.1, 0.15) is 5.56 Å². The molecule has 2 fully saturated rings. The van der Waals surface area contributed by atoms with Crippen molar-refractivity contribution in [2.75, 3.05) is 13.1 Å². The maximum atomic E-state index is 11.8. The molecule has 0 unspecified atom stereocenters. The van der Waals surface area contributed by atoms with E-state index in [0.717, 1.165) is 5.56 Å². The van der Waals surface area contributed by atoms with Crippen LogP contribution in [-0.2, 0) is 16.1 Å². The van der Waals surface area contributed by atoms with Gasteiger partial charge in [0.25, 0.3) is 0 Å². The topological polar surface area (TPSA) is 62.3 Å². The van der Waals surface area contributed by atoms with Gasteiger partial charge in [-0.05, 0) is 5.56 Å². The molecule has 96 valence electrons. The Hall–Kier alpha value is -1.59. The van der Waals surface area contributed by atoms with Gasteiger partial charge in [0.1, 0.15) is 24.9 Å². The van der Waals surface area contributed by atoms with Crippen molar-refractivity contribution in [3.05, 3.63) is 35.9 Å². The third kappa shape index (κ3) is 2.32. The van der Waals surface area contributed by atoms with Crippen LogP contribution in [0.4, 0.5) is 4.79 Å². The molecule has 3 atom stereocenters. The molecule has 1 N–H and O–H groups in total. The molecule has 2 heterocycles. The van der Waals surface area contributed by atoms with Crippen LogP contribution >= 0.6 is 0 Å². The van der Waals surface area contributed by atoms with Crippen LogP contribution in [0.25, 0.3) is 0 Å². The van der Waals surface area contributed by atoms with Crippen molar-refractivity contribution in [1.29, 1.82) is 0 Å². The summed E-state index contributed by atoms with van der Waals surface area (Å²) < 4.78 is 10.4. The zero-order valence-corrected chi connectivity index (χ0v) is 9.86. The molecule has 0 bridgehead atoms. The van der Waals surface area contributed by atoms with Gasteiger partial charge in [-0.15, -0.1) is 0 Å². The quantitative estimate of drug-likeness (QED) is 0.786. The number of aliphatic hydroxyl groups is 1. The molecular formula is C13H15NO4. The molecule has 2 aliphatic heterocycles. The average molecular weight is 249 g/mol. The van der Waals surface area contributed by atoms with E-state index in [4.69, 9.17) is 9.47 Å². The van der Waals surface area contributed by atoms with Crippen LogP contribution in [0, 0.1) is 0 Å². The summed E-state index contributed by atoms with van der Waals surface area (Å²) in [5.74, 6) is 0. The van der Waals surface area contributed by atoms with Crippen molar-refractivity contribution in [3.8, 4) is 0 Å². The van der Waals surface area contributed by atoms with Crippen LogP contribution in [0.5, 0.6) is 0 Å². The molecule has 0 radical (unpaired) electrons. The first kappa shape index (κ1) is 11.5. The lowest BCUT2D eigenvalue weighted by molar-refractivity contribution is 0.0553. The first-order valence-electron chi connectivity index (χ1n) is 6.03. The second kappa shape index (κ2) is 4.59. The fourth-order valence-corrected chi connectivity index (χ4v) is 2.22. The number of hydrogen-bond acceptors (Lipinski definition) is 4. The number of nitrogens with zero attached hydrogens (tertiary/aromatic N) is 1. The lowest BCUT2D eigenvalue weighted by Crippen LogP contribution is -2.46. The number of β-amino-alcohol motifs (C(OH)–C–C–N with tert-alkyl or cyclic N) is 1. The molecule has 0 aliphatic carbocycles. The van der Waals surface area contributed by atoms with Gasteiger partial charge in [-0.1, -0.05) is 30.3 Å². The number of amides is 1. The number of ether oxygens (including phenoxy) is 2. The molecule has 3 rings (SSSR count). The van der Waals surface area contributed by atoms with Crippen molar-refractivity contribution < 1.29 is 19.4 Å². The summed E-state index contributed by atoms with van der Waals surface area (Å²) in [6.45, 7) is 1.05. The Bertz CT molecular complexity index is 436. The third-order valence-electron chi connectivity index (χ3n) is 3.27. The highest BCUT2D eigenvalue weighted by Crippen LogP contribution is 2.31. The zero-order valence-electron chi connectivity index (χ0n) is 9.86. The summed E-state index contributed by atoms with van der Waals surface area (Å²) >= 11 is 0. The van der Waals surface area contributed by atoms with Gasteiger partial charge in [-0.25, -0.2) is 4.79 Å². The molecule has 2 saturated heterocycles. The summed E-state index contributed by atoms with van der Waals surface area (Å²) in [6.07, 6.45) is -1.08. The molecule has 5 heteroatoms. The molecule has 1 amide bonds. The Morgan fingerprint density at radius 1 is 1.39 bits per heavy atom.